The summed E-state index contributed by atoms with van der Waals surface area (Å²) in [7, 11) is 0. The van der Waals surface area contributed by atoms with Crippen LogP contribution in [-0.2, 0) is 0 Å². The molecule has 0 aliphatic heterocycles. The van der Waals surface area contributed by atoms with E-state index in [0.717, 1.165) is 4.90 Å². The van der Waals surface area contributed by atoms with E-state index in [1.165, 1.54) is 17.8 Å². The first-order valence-electron chi connectivity index (χ1n) is 4.85. The van der Waals surface area contributed by atoms with E-state index in [1.54, 1.807) is 25.1 Å². The van der Waals surface area contributed by atoms with Gasteiger partial charge in [0.1, 0.15) is 0 Å². The van der Waals surface area contributed by atoms with Gasteiger partial charge in [0.25, 0.3) is 5.56 Å². The molecule has 88 valence electrons. The maximum Gasteiger partial charge on any atom is 0.251 e. The van der Waals surface area contributed by atoms with Gasteiger partial charge >= 0.3 is 0 Å². The van der Waals surface area contributed by atoms with Gasteiger partial charge in [-0.25, -0.2) is 4.98 Å². The lowest BCUT2D eigenvalue weighted by atomic mass is 10.3. The molecule has 4 nitrogen and oxygen atoms in total. The number of benzene rings is 1. The summed E-state index contributed by atoms with van der Waals surface area (Å²) < 4.78 is 0. The van der Waals surface area contributed by atoms with Crippen LogP contribution in [0.3, 0.4) is 0 Å². The van der Waals surface area contributed by atoms with Crippen molar-refractivity contribution in [3.63, 3.8) is 0 Å². The van der Waals surface area contributed by atoms with Crippen LogP contribution in [0, 0.1) is 6.92 Å². The van der Waals surface area contributed by atoms with Crippen LogP contribution in [0.1, 0.15) is 5.69 Å². The van der Waals surface area contributed by atoms with Crippen molar-refractivity contribution in [3.05, 3.63) is 45.3 Å². The average molecular weight is 268 g/mol. The second-order valence-electron chi connectivity index (χ2n) is 3.48. The number of nitrogens with two attached hydrogens (primary N) is 1. The van der Waals surface area contributed by atoms with Crippen LogP contribution in [0.2, 0.25) is 5.02 Å². The number of rotatable bonds is 2. The zero-order valence-corrected chi connectivity index (χ0v) is 10.6. The Kier molecular flexibility index (Phi) is 3.40. The maximum absolute atomic E-state index is 11.3. The Morgan fingerprint density at radius 2 is 2.18 bits per heavy atom. The Balaban J connectivity index is 2.34. The lowest BCUT2D eigenvalue weighted by Gasteiger charge is -2.05. The maximum atomic E-state index is 11.3. The van der Waals surface area contributed by atoms with E-state index in [0.29, 0.717) is 21.6 Å². The fraction of sp³-hybridized carbons (Fsp3) is 0.0909. The molecule has 0 aliphatic carbocycles. The number of aryl methyl sites for hydroxylation is 1. The molecule has 17 heavy (non-hydrogen) atoms. The van der Waals surface area contributed by atoms with Crippen molar-refractivity contribution in [3.8, 4) is 0 Å². The van der Waals surface area contributed by atoms with Crippen LogP contribution in [0.25, 0.3) is 0 Å². The number of nitrogens with one attached hydrogen (secondary N) is 1. The van der Waals surface area contributed by atoms with E-state index in [4.69, 9.17) is 17.3 Å². The Hall–Kier alpha value is -1.46. The molecule has 1 aromatic heterocycles. The highest BCUT2D eigenvalue weighted by Gasteiger charge is 2.05. The molecular weight excluding hydrogens is 258 g/mol. The highest BCUT2D eigenvalue weighted by atomic mass is 35.5. The van der Waals surface area contributed by atoms with E-state index in [9.17, 15) is 4.79 Å². The monoisotopic (exact) mass is 267 g/mol. The highest BCUT2D eigenvalue weighted by molar-refractivity contribution is 7.99. The van der Waals surface area contributed by atoms with E-state index >= 15 is 0 Å². The molecule has 0 bridgehead atoms. The Bertz CT molecular complexity index is 612. The van der Waals surface area contributed by atoms with Crippen molar-refractivity contribution in [2.75, 3.05) is 5.73 Å². The van der Waals surface area contributed by atoms with Crippen molar-refractivity contribution in [2.24, 2.45) is 0 Å². The quantitative estimate of drug-likeness (QED) is 0.648. The van der Waals surface area contributed by atoms with Gasteiger partial charge in [-0.1, -0.05) is 11.6 Å². The Morgan fingerprint density at radius 1 is 1.41 bits per heavy atom. The van der Waals surface area contributed by atoms with Crippen LogP contribution in [-0.4, -0.2) is 9.97 Å². The Labute approximate surface area is 107 Å². The smallest absolute Gasteiger partial charge is 0.251 e. The second-order valence-corrected chi connectivity index (χ2v) is 4.94. The third kappa shape index (κ3) is 3.01. The SMILES string of the molecule is Cc1cc(=O)[nH]c(Sc2ccc(Cl)cc2N)n1. The molecule has 0 saturated carbocycles. The predicted molar refractivity (Wildman–Crippen MR) is 69.6 cm³/mol. The van der Waals surface area contributed by atoms with Crippen LogP contribution in [0.5, 0.6) is 0 Å². The van der Waals surface area contributed by atoms with Gasteiger partial charge in [0.15, 0.2) is 5.16 Å². The zero-order valence-electron chi connectivity index (χ0n) is 9.03. The lowest BCUT2D eigenvalue weighted by molar-refractivity contribution is 0.905. The van der Waals surface area contributed by atoms with Gasteiger partial charge in [0.05, 0.1) is 0 Å². The summed E-state index contributed by atoms with van der Waals surface area (Å²) >= 11 is 7.11. The third-order valence-electron chi connectivity index (χ3n) is 2.03. The predicted octanol–water partition coefficient (Wildman–Crippen LogP) is 2.47. The zero-order chi connectivity index (χ0) is 12.4. The number of hydrogen-bond acceptors (Lipinski definition) is 4. The lowest BCUT2D eigenvalue weighted by Crippen LogP contribution is -2.08. The normalized spacial score (nSPS) is 10.5. The van der Waals surface area contributed by atoms with Crippen molar-refractivity contribution < 1.29 is 0 Å². The van der Waals surface area contributed by atoms with Gasteiger partial charge in [-0.15, -0.1) is 0 Å². The van der Waals surface area contributed by atoms with Crippen LogP contribution in [0.15, 0.2) is 39.1 Å². The summed E-state index contributed by atoms with van der Waals surface area (Å²) in [6, 6.07) is 6.64. The van der Waals surface area contributed by atoms with E-state index in [2.05, 4.69) is 9.97 Å². The minimum atomic E-state index is -0.174. The first-order chi connectivity index (χ1) is 8.04. The summed E-state index contributed by atoms with van der Waals surface area (Å²) in [6.45, 7) is 1.77. The van der Waals surface area contributed by atoms with Crippen molar-refractivity contribution in [2.45, 2.75) is 17.0 Å². The second kappa shape index (κ2) is 4.81. The summed E-state index contributed by atoms with van der Waals surface area (Å²) in [6.07, 6.45) is 0. The average Bonchev–Trinajstić information content (AvgIpc) is 2.21. The molecule has 0 radical (unpaired) electrons. The van der Waals surface area contributed by atoms with Gasteiger partial charge in [0, 0.05) is 27.4 Å². The molecule has 3 N–H and O–H groups in total. The first-order valence-corrected chi connectivity index (χ1v) is 6.05. The minimum absolute atomic E-state index is 0.174. The van der Waals surface area contributed by atoms with Gasteiger partial charge in [-0.3, -0.25) is 4.79 Å². The standard InChI is InChI=1S/C11H10ClN3OS/c1-6-4-10(16)15-11(14-6)17-9-3-2-7(12)5-8(9)13/h2-5H,13H2,1H3,(H,14,15,16). The molecule has 0 spiro atoms. The summed E-state index contributed by atoms with van der Waals surface area (Å²) in [5.74, 6) is 0. The number of anilines is 1. The number of hydrogen-bond donors (Lipinski definition) is 2. The van der Waals surface area contributed by atoms with Crippen LogP contribution in [0.4, 0.5) is 5.69 Å². The fourth-order valence-electron chi connectivity index (χ4n) is 1.32. The molecule has 6 heteroatoms. The van der Waals surface area contributed by atoms with E-state index in [-0.39, 0.29) is 5.56 Å². The summed E-state index contributed by atoms with van der Waals surface area (Å²) in [4.78, 5) is 18.9. The van der Waals surface area contributed by atoms with Gasteiger partial charge < -0.3 is 10.7 Å². The molecule has 0 amide bonds. The van der Waals surface area contributed by atoms with Crippen molar-refractivity contribution >= 4 is 29.1 Å². The van der Waals surface area contributed by atoms with Crippen LogP contribution < -0.4 is 11.3 Å². The summed E-state index contributed by atoms with van der Waals surface area (Å²) in [5.41, 5.74) is 6.88. The van der Waals surface area contributed by atoms with Gasteiger partial charge in [0.2, 0.25) is 0 Å². The third-order valence-corrected chi connectivity index (χ3v) is 3.24. The topological polar surface area (TPSA) is 71.8 Å². The largest absolute Gasteiger partial charge is 0.398 e. The molecule has 2 aromatic rings. The van der Waals surface area contributed by atoms with E-state index in [1.807, 2.05) is 0 Å². The molecule has 0 saturated heterocycles. The first kappa shape index (κ1) is 12.0. The minimum Gasteiger partial charge on any atom is -0.398 e. The van der Waals surface area contributed by atoms with Gasteiger partial charge in [-0.05, 0) is 36.9 Å². The molecule has 0 fully saturated rings. The molecule has 0 aliphatic rings. The number of H-pyrrole nitrogens is 1. The Morgan fingerprint density at radius 3 is 2.82 bits per heavy atom. The number of aromatic nitrogens is 2. The number of nitrogen functional groups attached to an aromatic ring is 1. The number of halogens is 1. The molecule has 1 heterocycles. The molecule has 0 atom stereocenters. The van der Waals surface area contributed by atoms with Crippen molar-refractivity contribution in [1.29, 1.82) is 0 Å². The highest BCUT2D eigenvalue weighted by Crippen LogP contribution is 2.31. The number of aromatic amines is 1. The van der Waals surface area contributed by atoms with Gasteiger partial charge in [-0.2, -0.15) is 0 Å². The van der Waals surface area contributed by atoms with Crippen LogP contribution >= 0.6 is 23.4 Å². The van der Waals surface area contributed by atoms with Crippen molar-refractivity contribution in [1.82, 2.24) is 9.97 Å². The summed E-state index contributed by atoms with van der Waals surface area (Å²) in [5, 5.41) is 1.10. The molecule has 0 unspecified atom stereocenters. The molecular formula is C11H10ClN3OS. The fourth-order valence-corrected chi connectivity index (χ4v) is 2.36. The molecule has 2 rings (SSSR count). The molecule has 1 aromatic carbocycles. The van der Waals surface area contributed by atoms with E-state index < -0.39 is 0 Å². The number of nitrogens with zero attached hydrogens (tertiary/aromatic N) is 1.